The summed E-state index contributed by atoms with van der Waals surface area (Å²) in [5.41, 5.74) is 3.54. The van der Waals surface area contributed by atoms with Gasteiger partial charge in [0.2, 0.25) is 0 Å². The van der Waals surface area contributed by atoms with E-state index in [2.05, 4.69) is 24.9 Å². The van der Waals surface area contributed by atoms with Crippen LogP contribution in [0, 0.1) is 13.8 Å². The number of aromatic nitrogens is 4. The number of nitrogens with zero attached hydrogens (tertiary/aromatic N) is 4. The quantitative estimate of drug-likeness (QED) is 0.566. The normalized spacial score (nSPS) is 11.0. The zero-order chi connectivity index (χ0) is 18.3. The summed E-state index contributed by atoms with van der Waals surface area (Å²) in [6.45, 7) is 3.52. The van der Waals surface area contributed by atoms with E-state index in [1.807, 2.05) is 12.1 Å². The fraction of sp³-hybridized carbons (Fsp3) is 0.118. The van der Waals surface area contributed by atoms with Crippen LogP contribution in [0.5, 0.6) is 0 Å². The highest BCUT2D eigenvalue weighted by atomic mass is 35.5. The lowest BCUT2D eigenvalue weighted by Crippen LogP contribution is -2.12. The summed E-state index contributed by atoms with van der Waals surface area (Å²) >= 11 is 7.41. The van der Waals surface area contributed by atoms with Gasteiger partial charge in [0.1, 0.15) is 16.2 Å². The van der Waals surface area contributed by atoms with E-state index in [-0.39, 0.29) is 5.91 Å². The molecule has 4 rings (SSSR count). The molecule has 0 aliphatic carbocycles. The molecule has 0 bridgehead atoms. The Bertz CT molecular complexity index is 1120. The standard InChI is InChI=1S/C17H12ClN5O2S/c1-8-16(26-23-22-8)17(24)21-15-4-3-10(7-19-15)11-5-14-13(6-12(11)18)20-9(2)25-14/h3-7H,1-2H3,(H,19,21,24). The number of hydrogen-bond donors (Lipinski definition) is 1. The van der Waals surface area contributed by atoms with Gasteiger partial charge in [-0.15, -0.1) is 5.10 Å². The van der Waals surface area contributed by atoms with E-state index in [1.54, 1.807) is 32.2 Å². The van der Waals surface area contributed by atoms with Gasteiger partial charge in [-0.2, -0.15) is 0 Å². The van der Waals surface area contributed by atoms with Crippen molar-refractivity contribution in [2.45, 2.75) is 13.8 Å². The van der Waals surface area contributed by atoms with Gasteiger partial charge in [-0.3, -0.25) is 4.79 Å². The maximum atomic E-state index is 12.2. The molecule has 130 valence electrons. The Morgan fingerprint density at radius 2 is 2.12 bits per heavy atom. The van der Waals surface area contributed by atoms with Crippen molar-refractivity contribution < 1.29 is 9.21 Å². The number of oxazole rings is 1. The summed E-state index contributed by atoms with van der Waals surface area (Å²) in [7, 11) is 0. The number of aryl methyl sites for hydroxylation is 2. The van der Waals surface area contributed by atoms with Gasteiger partial charge < -0.3 is 9.73 Å². The third-order valence-corrected chi connectivity index (χ3v) is 4.90. The van der Waals surface area contributed by atoms with Crippen LogP contribution in [0.3, 0.4) is 0 Å². The van der Waals surface area contributed by atoms with Crippen LogP contribution in [0.4, 0.5) is 5.82 Å². The molecule has 1 aromatic carbocycles. The van der Waals surface area contributed by atoms with Gasteiger partial charge in [0, 0.05) is 24.2 Å². The first kappa shape index (κ1) is 16.6. The summed E-state index contributed by atoms with van der Waals surface area (Å²) in [5, 5.41) is 7.11. The van der Waals surface area contributed by atoms with E-state index in [0.717, 1.165) is 22.7 Å². The van der Waals surface area contributed by atoms with Gasteiger partial charge in [-0.25, -0.2) is 9.97 Å². The molecule has 0 spiro atoms. The van der Waals surface area contributed by atoms with Crippen molar-refractivity contribution in [3.8, 4) is 11.1 Å². The number of hydrogen-bond acceptors (Lipinski definition) is 7. The minimum Gasteiger partial charge on any atom is -0.441 e. The monoisotopic (exact) mass is 385 g/mol. The van der Waals surface area contributed by atoms with Gasteiger partial charge in [-0.05, 0) is 42.7 Å². The molecule has 0 saturated heterocycles. The lowest BCUT2D eigenvalue weighted by atomic mass is 10.1. The Morgan fingerprint density at radius 3 is 2.81 bits per heavy atom. The summed E-state index contributed by atoms with van der Waals surface area (Å²) in [4.78, 5) is 21.2. The predicted molar refractivity (Wildman–Crippen MR) is 99.6 cm³/mol. The van der Waals surface area contributed by atoms with Crippen molar-refractivity contribution in [1.29, 1.82) is 0 Å². The molecule has 0 atom stereocenters. The lowest BCUT2D eigenvalue weighted by molar-refractivity contribution is 0.102. The molecule has 3 aromatic heterocycles. The third kappa shape index (κ3) is 3.04. The van der Waals surface area contributed by atoms with Crippen LogP contribution in [0.15, 0.2) is 34.9 Å². The zero-order valence-corrected chi connectivity index (χ0v) is 15.4. The van der Waals surface area contributed by atoms with Crippen LogP contribution in [-0.4, -0.2) is 25.5 Å². The van der Waals surface area contributed by atoms with Crippen molar-refractivity contribution in [2.24, 2.45) is 0 Å². The summed E-state index contributed by atoms with van der Waals surface area (Å²) in [5.74, 6) is 0.728. The number of rotatable bonds is 3. The molecule has 1 amide bonds. The van der Waals surface area contributed by atoms with E-state index in [0.29, 0.717) is 38.4 Å². The van der Waals surface area contributed by atoms with Crippen LogP contribution in [-0.2, 0) is 0 Å². The number of fused-ring (bicyclic) bond motifs is 1. The van der Waals surface area contributed by atoms with Crippen molar-refractivity contribution in [2.75, 3.05) is 5.32 Å². The maximum Gasteiger partial charge on any atom is 0.270 e. The number of carbonyl (C=O) groups is 1. The second-order valence-corrected chi connectivity index (χ2v) is 6.77. The minimum absolute atomic E-state index is 0.283. The minimum atomic E-state index is -0.283. The van der Waals surface area contributed by atoms with Crippen LogP contribution in [0.1, 0.15) is 21.3 Å². The Hall–Kier alpha value is -2.84. The Labute approximate surface area is 157 Å². The number of benzene rings is 1. The Morgan fingerprint density at radius 1 is 1.27 bits per heavy atom. The predicted octanol–water partition coefficient (Wildman–Crippen LogP) is 4.26. The fourth-order valence-electron chi connectivity index (χ4n) is 2.52. The van der Waals surface area contributed by atoms with Crippen molar-refractivity contribution in [3.05, 3.63) is 51.9 Å². The molecule has 0 fully saturated rings. The molecule has 1 N–H and O–H groups in total. The van der Waals surface area contributed by atoms with Crippen LogP contribution in [0.25, 0.3) is 22.2 Å². The van der Waals surface area contributed by atoms with E-state index >= 15 is 0 Å². The van der Waals surface area contributed by atoms with Crippen LogP contribution in [0.2, 0.25) is 5.02 Å². The molecule has 9 heteroatoms. The molecule has 4 aromatic rings. The molecule has 0 saturated carbocycles. The van der Waals surface area contributed by atoms with Gasteiger partial charge in [0.15, 0.2) is 11.5 Å². The topological polar surface area (TPSA) is 93.8 Å². The van der Waals surface area contributed by atoms with Crippen molar-refractivity contribution in [3.63, 3.8) is 0 Å². The van der Waals surface area contributed by atoms with Crippen LogP contribution < -0.4 is 5.32 Å². The van der Waals surface area contributed by atoms with E-state index in [1.165, 1.54) is 0 Å². The molecular formula is C17H12ClN5O2S. The molecule has 26 heavy (non-hydrogen) atoms. The molecule has 7 nitrogen and oxygen atoms in total. The summed E-state index contributed by atoms with van der Waals surface area (Å²) < 4.78 is 9.31. The molecule has 0 radical (unpaired) electrons. The summed E-state index contributed by atoms with van der Waals surface area (Å²) in [6.07, 6.45) is 1.64. The largest absolute Gasteiger partial charge is 0.441 e. The van der Waals surface area contributed by atoms with Gasteiger partial charge in [0.05, 0.1) is 10.7 Å². The average molecular weight is 386 g/mol. The third-order valence-electron chi connectivity index (χ3n) is 3.76. The van der Waals surface area contributed by atoms with Gasteiger partial charge in [0.25, 0.3) is 5.91 Å². The maximum absolute atomic E-state index is 12.2. The Balaban J connectivity index is 1.61. The Kier molecular flexibility index (Phi) is 4.14. The highest BCUT2D eigenvalue weighted by Gasteiger charge is 2.14. The zero-order valence-electron chi connectivity index (χ0n) is 13.8. The SMILES string of the molecule is Cc1nc2cc(Cl)c(-c3ccc(NC(=O)c4snnc4C)nc3)cc2o1. The second kappa shape index (κ2) is 6.47. The molecule has 3 heterocycles. The van der Waals surface area contributed by atoms with E-state index in [4.69, 9.17) is 16.0 Å². The van der Waals surface area contributed by atoms with E-state index in [9.17, 15) is 4.79 Å². The number of halogens is 1. The summed E-state index contributed by atoms with van der Waals surface area (Å²) in [6, 6.07) is 7.14. The number of anilines is 1. The number of pyridine rings is 1. The highest BCUT2D eigenvalue weighted by Crippen LogP contribution is 2.32. The lowest BCUT2D eigenvalue weighted by Gasteiger charge is -2.06. The van der Waals surface area contributed by atoms with Crippen molar-refractivity contribution >= 4 is 46.0 Å². The van der Waals surface area contributed by atoms with Crippen LogP contribution >= 0.6 is 23.1 Å². The number of nitrogens with one attached hydrogen (secondary N) is 1. The molecule has 0 aliphatic rings. The molecular weight excluding hydrogens is 374 g/mol. The average Bonchev–Trinajstić information content (AvgIpc) is 3.19. The second-order valence-electron chi connectivity index (χ2n) is 5.61. The van der Waals surface area contributed by atoms with E-state index < -0.39 is 0 Å². The first-order valence-electron chi connectivity index (χ1n) is 7.64. The fourth-order valence-corrected chi connectivity index (χ4v) is 3.34. The first-order chi connectivity index (χ1) is 12.5. The smallest absolute Gasteiger partial charge is 0.270 e. The molecule has 0 aliphatic heterocycles. The van der Waals surface area contributed by atoms with Crippen molar-refractivity contribution in [1.82, 2.24) is 19.6 Å². The molecule has 0 unspecified atom stereocenters. The van der Waals surface area contributed by atoms with Gasteiger partial charge in [-0.1, -0.05) is 16.1 Å². The number of carbonyl (C=O) groups excluding carboxylic acids is 1. The highest BCUT2D eigenvalue weighted by molar-refractivity contribution is 7.08. The first-order valence-corrected chi connectivity index (χ1v) is 8.80. The number of amides is 1. The van der Waals surface area contributed by atoms with Gasteiger partial charge >= 0.3 is 0 Å².